The average Bonchev–Trinajstić information content (AvgIpc) is 2.57. The van der Waals surface area contributed by atoms with Gasteiger partial charge in [-0.15, -0.1) is 0 Å². The van der Waals surface area contributed by atoms with Crippen LogP contribution in [0.3, 0.4) is 0 Å². The Morgan fingerprint density at radius 3 is 2.58 bits per heavy atom. The zero-order chi connectivity index (χ0) is 13.2. The molecule has 2 N–H and O–H groups in total. The average molecular weight is 249 g/mol. The molecule has 3 heteroatoms. The molecule has 1 aliphatic rings. The predicted molar refractivity (Wildman–Crippen MR) is 77.1 cm³/mol. The Balaban J connectivity index is 2.19. The zero-order valence-corrected chi connectivity index (χ0v) is 10.8. The van der Waals surface area contributed by atoms with Gasteiger partial charge in [-0.2, -0.15) is 0 Å². The van der Waals surface area contributed by atoms with Crippen LogP contribution in [0.4, 0.5) is 5.69 Å². The smallest absolute Gasteiger partial charge is 0.0905 e. The quantitative estimate of drug-likeness (QED) is 0.772. The minimum Gasteiger partial charge on any atom is -0.399 e. The van der Waals surface area contributed by atoms with Crippen molar-refractivity contribution in [2.75, 3.05) is 12.3 Å². The number of fused-ring (bicyclic) bond motifs is 1. The minimum atomic E-state index is 0.649. The summed E-state index contributed by atoms with van der Waals surface area (Å²) in [6, 6.07) is 15.9. The third kappa shape index (κ3) is 2.27. The first-order valence-corrected chi connectivity index (χ1v) is 6.28. The highest BCUT2D eigenvalue weighted by Crippen LogP contribution is 2.20. The zero-order valence-electron chi connectivity index (χ0n) is 10.8. The van der Waals surface area contributed by atoms with E-state index in [0.29, 0.717) is 12.2 Å². The number of nitrogen functional groups attached to an aromatic ring is 1. The Labute approximate surface area is 111 Å². The molecular formula is C16H15N3. The molecule has 0 saturated heterocycles. The van der Waals surface area contributed by atoms with Crippen LogP contribution >= 0.6 is 0 Å². The summed E-state index contributed by atoms with van der Waals surface area (Å²) in [7, 11) is 0. The summed E-state index contributed by atoms with van der Waals surface area (Å²) in [5, 5.41) is 1.75. The van der Waals surface area contributed by atoms with Crippen molar-refractivity contribution in [3.05, 3.63) is 70.5 Å². The van der Waals surface area contributed by atoms with E-state index in [0.717, 1.165) is 22.0 Å². The normalized spacial score (nSPS) is 14.2. The maximum atomic E-state index is 5.81. The molecule has 3 rings (SSSR count). The second-order valence-corrected chi connectivity index (χ2v) is 4.61. The largest absolute Gasteiger partial charge is 0.399 e. The molecule has 3 nitrogen and oxygen atoms in total. The molecule has 0 atom stereocenters. The van der Waals surface area contributed by atoms with E-state index in [9.17, 15) is 0 Å². The third-order valence-corrected chi connectivity index (χ3v) is 3.25. The fraction of sp³-hybridized carbons (Fsp3) is 0.125. The van der Waals surface area contributed by atoms with E-state index in [2.05, 4.69) is 22.1 Å². The van der Waals surface area contributed by atoms with Gasteiger partial charge in [-0.1, -0.05) is 30.3 Å². The van der Waals surface area contributed by atoms with Crippen LogP contribution < -0.4 is 16.4 Å². The molecule has 0 aliphatic carbocycles. The Morgan fingerprint density at radius 1 is 1.00 bits per heavy atom. The molecule has 94 valence electrons. The van der Waals surface area contributed by atoms with Gasteiger partial charge in [-0.25, -0.2) is 0 Å². The van der Waals surface area contributed by atoms with Gasteiger partial charge in [-0.3, -0.25) is 9.98 Å². The van der Waals surface area contributed by atoms with Crippen LogP contribution in [0.25, 0.3) is 5.57 Å². The van der Waals surface area contributed by atoms with Crippen molar-refractivity contribution in [1.82, 2.24) is 0 Å². The first-order valence-electron chi connectivity index (χ1n) is 6.28. The number of nitrogens with zero attached hydrogens (tertiary/aromatic N) is 2. The third-order valence-electron chi connectivity index (χ3n) is 3.25. The summed E-state index contributed by atoms with van der Waals surface area (Å²) in [5.74, 6) is 0. The van der Waals surface area contributed by atoms with Gasteiger partial charge in [0.2, 0.25) is 0 Å². The van der Waals surface area contributed by atoms with E-state index in [4.69, 9.17) is 5.73 Å². The lowest BCUT2D eigenvalue weighted by Crippen LogP contribution is -2.25. The summed E-state index contributed by atoms with van der Waals surface area (Å²) in [4.78, 5) is 9.29. The highest BCUT2D eigenvalue weighted by molar-refractivity contribution is 5.69. The summed E-state index contributed by atoms with van der Waals surface area (Å²) >= 11 is 0. The summed E-state index contributed by atoms with van der Waals surface area (Å²) in [6.45, 7) is 2.67. The van der Waals surface area contributed by atoms with E-state index in [1.807, 2.05) is 43.3 Å². The van der Waals surface area contributed by atoms with Crippen LogP contribution in [-0.2, 0) is 0 Å². The lowest BCUT2D eigenvalue weighted by molar-refractivity contribution is 1.14. The summed E-state index contributed by atoms with van der Waals surface area (Å²) in [6.07, 6.45) is 0. The van der Waals surface area contributed by atoms with E-state index in [1.165, 1.54) is 5.56 Å². The standard InChI is InChI=1S/C16H15N3/c1-11-14(12-5-3-2-4-6-12)10-18-15-8-7-13(17)9-16(15)19-11/h2-9H,10,17H2,1H3. The number of allylic oxidation sites excluding steroid dienone is 1. The number of benzene rings is 2. The number of hydrogen-bond donors (Lipinski definition) is 1. The van der Waals surface area contributed by atoms with Gasteiger partial charge < -0.3 is 5.73 Å². The van der Waals surface area contributed by atoms with Crippen LogP contribution in [0.5, 0.6) is 0 Å². The number of hydrogen-bond acceptors (Lipinski definition) is 3. The molecule has 0 saturated carbocycles. The molecule has 19 heavy (non-hydrogen) atoms. The maximum Gasteiger partial charge on any atom is 0.0905 e. The molecule has 2 aromatic rings. The molecule has 0 radical (unpaired) electrons. The molecule has 1 heterocycles. The van der Waals surface area contributed by atoms with Crippen LogP contribution in [0.15, 0.2) is 64.2 Å². The number of nitrogens with two attached hydrogens (primary N) is 1. The lowest BCUT2D eigenvalue weighted by Gasteiger charge is -2.05. The highest BCUT2D eigenvalue weighted by atomic mass is 14.8. The Hall–Kier alpha value is -2.42. The Kier molecular flexibility index (Phi) is 2.88. The molecule has 0 fully saturated rings. The minimum absolute atomic E-state index is 0.649. The summed E-state index contributed by atoms with van der Waals surface area (Å²) < 4.78 is 0. The van der Waals surface area contributed by atoms with E-state index in [1.54, 1.807) is 0 Å². The van der Waals surface area contributed by atoms with Crippen molar-refractivity contribution < 1.29 is 0 Å². The molecule has 0 aromatic heterocycles. The van der Waals surface area contributed by atoms with Gasteiger partial charge in [0, 0.05) is 17.0 Å². The van der Waals surface area contributed by atoms with Crippen molar-refractivity contribution in [3.8, 4) is 0 Å². The molecule has 0 spiro atoms. The van der Waals surface area contributed by atoms with E-state index >= 15 is 0 Å². The fourth-order valence-corrected chi connectivity index (χ4v) is 2.23. The first kappa shape index (κ1) is 11.7. The van der Waals surface area contributed by atoms with Crippen molar-refractivity contribution in [2.24, 2.45) is 9.98 Å². The second-order valence-electron chi connectivity index (χ2n) is 4.61. The van der Waals surface area contributed by atoms with Crippen LogP contribution in [0, 0.1) is 0 Å². The van der Waals surface area contributed by atoms with Crippen LogP contribution in [-0.4, -0.2) is 6.54 Å². The van der Waals surface area contributed by atoms with Gasteiger partial charge >= 0.3 is 0 Å². The van der Waals surface area contributed by atoms with Crippen molar-refractivity contribution in [2.45, 2.75) is 6.92 Å². The van der Waals surface area contributed by atoms with Gasteiger partial charge in [-0.05, 0) is 30.7 Å². The van der Waals surface area contributed by atoms with Gasteiger partial charge in [0.1, 0.15) is 0 Å². The van der Waals surface area contributed by atoms with E-state index < -0.39 is 0 Å². The van der Waals surface area contributed by atoms with Crippen molar-refractivity contribution in [1.29, 1.82) is 0 Å². The Bertz CT molecular complexity index is 758. The van der Waals surface area contributed by atoms with Gasteiger partial charge in [0.25, 0.3) is 0 Å². The SMILES string of the molecule is CC1=C(c2ccccc2)CN=c2ccc(N)cc2=N1. The van der Waals surface area contributed by atoms with Crippen molar-refractivity contribution in [3.63, 3.8) is 0 Å². The number of anilines is 1. The van der Waals surface area contributed by atoms with Crippen LogP contribution in [0.1, 0.15) is 12.5 Å². The fourth-order valence-electron chi connectivity index (χ4n) is 2.23. The molecule has 0 unspecified atom stereocenters. The lowest BCUT2D eigenvalue weighted by atomic mass is 10.0. The molecule has 1 aliphatic heterocycles. The van der Waals surface area contributed by atoms with Gasteiger partial charge in [0.05, 0.1) is 17.3 Å². The predicted octanol–water partition coefficient (Wildman–Crippen LogP) is 1.95. The van der Waals surface area contributed by atoms with Gasteiger partial charge in [0.15, 0.2) is 0 Å². The molecular weight excluding hydrogens is 234 g/mol. The Morgan fingerprint density at radius 2 is 1.79 bits per heavy atom. The maximum absolute atomic E-state index is 5.81. The topological polar surface area (TPSA) is 50.7 Å². The second kappa shape index (κ2) is 4.69. The first-order chi connectivity index (χ1) is 9.24. The monoisotopic (exact) mass is 249 g/mol. The van der Waals surface area contributed by atoms with E-state index in [-0.39, 0.29) is 0 Å². The van der Waals surface area contributed by atoms with Crippen molar-refractivity contribution >= 4 is 11.3 Å². The van der Waals surface area contributed by atoms with Crippen LogP contribution in [0.2, 0.25) is 0 Å². The highest BCUT2D eigenvalue weighted by Gasteiger charge is 2.07. The number of rotatable bonds is 1. The molecule has 2 aromatic carbocycles. The molecule has 0 bridgehead atoms. The summed E-state index contributed by atoms with van der Waals surface area (Å²) in [5.41, 5.74) is 9.86. The molecule has 0 amide bonds.